The minimum atomic E-state index is -1.30. The zero-order valence-corrected chi connectivity index (χ0v) is 11.6. The quantitative estimate of drug-likeness (QED) is 0.837. The Hall–Kier alpha value is -2.25. The van der Waals surface area contributed by atoms with Gasteiger partial charge in [0, 0.05) is 12.2 Å². The Morgan fingerprint density at radius 3 is 2.33 bits per heavy atom. The molecule has 2 aromatic rings. The van der Waals surface area contributed by atoms with Crippen molar-refractivity contribution in [2.75, 3.05) is 13.2 Å². The fourth-order valence-electron chi connectivity index (χ4n) is 2.27. The monoisotopic (exact) mass is 287 g/mol. The maximum absolute atomic E-state index is 14.2. The third-order valence-electron chi connectivity index (χ3n) is 3.38. The van der Waals surface area contributed by atoms with Gasteiger partial charge in [-0.15, -0.1) is 0 Å². The molecule has 0 aliphatic heterocycles. The van der Waals surface area contributed by atoms with Crippen LogP contribution >= 0.6 is 0 Å². The highest BCUT2D eigenvalue weighted by Crippen LogP contribution is 2.34. The molecule has 21 heavy (non-hydrogen) atoms. The van der Waals surface area contributed by atoms with E-state index in [1.165, 1.54) is 30.3 Å². The van der Waals surface area contributed by atoms with E-state index in [1.807, 2.05) is 0 Å². The Bertz CT molecular complexity index is 649. The summed E-state index contributed by atoms with van der Waals surface area (Å²) >= 11 is 0. The molecule has 2 rings (SSSR count). The molecule has 1 atom stereocenters. The van der Waals surface area contributed by atoms with Gasteiger partial charge in [-0.1, -0.05) is 30.3 Å². The first-order valence-electron chi connectivity index (χ1n) is 6.64. The summed E-state index contributed by atoms with van der Waals surface area (Å²) in [7, 11) is 0. The molecule has 0 fully saturated rings. The summed E-state index contributed by atoms with van der Waals surface area (Å²) in [5, 5.41) is 9.71. The van der Waals surface area contributed by atoms with Gasteiger partial charge in [0.2, 0.25) is 0 Å². The molecule has 0 aliphatic carbocycles. The number of ether oxygens (including phenoxy) is 1. The lowest BCUT2D eigenvalue weighted by atomic mass is 9.76. The van der Waals surface area contributed by atoms with Crippen molar-refractivity contribution in [3.63, 3.8) is 0 Å². The maximum atomic E-state index is 14.2. The van der Waals surface area contributed by atoms with Crippen LogP contribution in [0.4, 0.5) is 8.78 Å². The number of nitrogens with zero attached hydrogens (tertiary/aromatic N) is 1. The van der Waals surface area contributed by atoms with Crippen molar-refractivity contribution in [2.45, 2.75) is 12.3 Å². The molecule has 0 aliphatic rings. The van der Waals surface area contributed by atoms with Crippen LogP contribution < -0.4 is 0 Å². The first-order chi connectivity index (χ1) is 10.1. The molecular formula is C17H15F2NO. The molecule has 0 aromatic heterocycles. The number of nitriles is 1. The Morgan fingerprint density at radius 1 is 1.10 bits per heavy atom. The van der Waals surface area contributed by atoms with E-state index >= 15 is 0 Å². The minimum Gasteiger partial charge on any atom is -0.379 e. The van der Waals surface area contributed by atoms with Gasteiger partial charge in [-0.3, -0.25) is 0 Å². The van der Waals surface area contributed by atoms with Crippen LogP contribution in [0.25, 0.3) is 0 Å². The SMILES string of the molecule is CCOCC(C#N)(c1ccc(F)cc1)c1ccccc1F. The molecule has 0 radical (unpaired) electrons. The lowest BCUT2D eigenvalue weighted by molar-refractivity contribution is 0.122. The van der Waals surface area contributed by atoms with Gasteiger partial charge in [-0.25, -0.2) is 8.78 Å². The van der Waals surface area contributed by atoms with Gasteiger partial charge in [0.15, 0.2) is 0 Å². The molecule has 2 aromatic carbocycles. The standard InChI is InChI=1S/C17H15F2NO/c1-2-21-12-17(11-20,13-7-9-14(18)10-8-13)15-5-3-4-6-16(15)19/h3-10H,2,12H2,1H3. The number of halogens is 2. The molecule has 0 N–H and O–H groups in total. The van der Waals surface area contributed by atoms with Crippen LogP contribution in [0.2, 0.25) is 0 Å². The van der Waals surface area contributed by atoms with Crippen LogP contribution in [0, 0.1) is 23.0 Å². The molecule has 0 heterocycles. The summed E-state index contributed by atoms with van der Waals surface area (Å²) < 4.78 is 32.7. The van der Waals surface area contributed by atoms with E-state index in [2.05, 4.69) is 6.07 Å². The Labute approximate surface area is 122 Å². The van der Waals surface area contributed by atoms with Crippen molar-refractivity contribution in [1.82, 2.24) is 0 Å². The summed E-state index contributed by atoms with van der Waals surface area (Å²) in [6, 6.07) is 13.7. The van der Waals surface area contributed by atoms with Gasteiger partial charge in [0.05, 0.1) is 12.7 Å². The van der Waals surface area contributed by atoms with Gasteiger partial charge < -0.3 is 4.74 Å². The average molecular weight is 287 g/mol. The molecule has 1 unspecified atom stereocenters. The molecule has 0 spiro atoms. The molecule has 0 saturated heterocycles. The van der Waals surface area contributed by atoms with E-state index in [0.717, 1.165) is 0 Å². The highest BCUT2D eigenvalue weighted by Gasteiger charge is 2.37. The number of hydrogen-bond donors (Lipinski definition) is 0. The van der Waals surface area contributed by atoms with Gasteiger partial charge in [0.25, 0.3) is 0 Å². The lowest BCUT2D eigenvalue weighted by Crippen LogP contribution is -2.33. The van der Waals surface area contributed by atoms with Crippen molar-refractivity contribution in [3.8, 4) is 6.07 Å². The van der Waals surface area contributed by atoms with E-state index < -0.39 is 17.0 Å². The summed E-state index contributed by atoms with van der Waals surface area (Å²) in [5.74, 6) is -0.890. The topological polar surface area (TPSA) is 33.0 Å². The van der Waals surface area contributed by atoms with Crippen LogP contribution in [0.3, 0.4) is 0 Å². The summed E-state index contributed by atoms with van der Waals surface area (Å²) in [6.07, 6.45) is 0. The first-order valence-corrected chi connectivity index (χ1v) is 6.64. The van der Waals surface area contributed by atoms with E-state index in [1.54, 1.807) is 25.1 Å². The van der Waals surface area contributed by atoms with Crippen LogP contribution in [0.1, 0.15) is 18.1 Å². The first kappa shape index (κ1) is 15.1. The van der Waals surface area contributed by atoms with Crippen molar-refractivity contribution in [2.24, 2.45) is 0 Å². The second-order valence-corrected chi connectivity index (χ2v) is 4.64. The highest BCUT2D eigenvalue weighted by atomic mass is 19.1. The summed E-state index contributed by atoms with van der Waals surface area (Å²) in [6.45, 7) is 2.21. The van der Waals surface area contributed by atoms with Crippen molar-refractivity contribution in [3.05, 3.63) is 71.3 Å². The highest BCUT2D eigenvalue weighted by molar-refractivity contribution is 5.46. The smallest absolute Gasteiger partial charge is 0.133 e. The predicted octanol–water partition coefficient (Wildman–Crippen LogP) is 3.81. The Kier molecular flexibility index (Phi) is 4.66. The molecule has 4 heteroatoms. The van der Waals surface area contributed by atoms with Gasteiger partial charge in [-0.2, -0.15) is 5.26 Å². The molecule has 108 valence electrons. The maximum Gasteiger partial charge on any atom is 0.133 e. The molecule has 2 nitrogen and oxygen atoms in total. The summed E-state index contributed by atoms with van der Waals surface area (Å²) in [4.78, 5) is 0. The zero-order valence-electron chi connectivity index (χ0n) is 11.6. The van der Waals surface area contributed by atoms with E-state index in [4.69, 9.17) is 4.74 Å². The average Bonchev–Trinajstić information content (AvgIpc) is 2.51. The van der Waals surface area contributed by atoms with Crippen LogP contribution in [-0.4, -0.2) is 13.2 Å². The Balaban J connectivity index is 2.61. The third-order valence-corrected chi connectivity index (χ3v) is 3.38. The van der Waals surface area contributed by atoms with E-state index in [0.29, 0.717) is 12.2 Å². The largest absolute Gasteiger partial charge is 0.379 e. The van der Waals surface area contributed by atoms with E-state index in [-0.39, 0.29) is 12.2 Å². The zero-order chi connectivity index (χ0) is 15.3. The molecule has 0 bridgehead atoms. The second-order valence-electron chi connectivity index (χ2n) is 4.64. The summed E-state index contributed by atoms with van der Waals surface area (Å²) in [5.41, 5.74) is -0.563. The normalized spacial score (nSPS) is 13.4. The number of rotatable bonds is 5. The lowest BCUT2D eigenvalue weighted by Gasteiger charge is -2.27. The van der Waals surface area contributed by atoms with Gasteiger partial charge >= 0.3 is 0 Å². The second kappa shape index (κ2) is 6.47. The minimum absolute atomic E-state index is 0.00651. The number of benzene rings is 2. The van der Waals surface area contributed by atoms with Gasteiger partial charge in [0.1, 0.15) is 17.0 Å². The molecular weight excluding hydrogens is 272 g/mol. The fourth-order valence-corrected chi connectivity index (χ4v) is 2.27. The van der Waals surface area contributed by atoms with Crippen molar-refractivity contribution in [1.29, 1.82) is 5.26 Å². The van der Waals surface area contributed by atoms with Crippen molar-refractivity contribution >= 4 is 0 Å². The van der Waals surface area contributed by atoms with Crippen LogP contribution in [0.5, 0.6) is 0 Å². The molecule has 0 saturated carbocycles. The van der Waals surface area contributed by atoms with Crippen LogP contribution in [-0.2, 0) is 10.2 Å². The van der Waals surface area contributed by atoms with Gasteiger partial charge in [-0.05, 0) is 30.7 Å². The van der Waals surface area contributed by atoms with E-state index in [9.17, 15) is 14.0 Å². The van der Waals surface area contributed by atoms with Crippen molar-refractivity contribution < 1.29 is 13.5 Å². The fraction of sp³-hybridized carbons (Fsp3) is 0.235. The van der Waals surface area contributed by atoms with Crippen LogP contribution in [0.15, 0.2) is 48.5 Å². The molecule has 0 amide bonds. The predicted molar refractivity (Wildman–Crippen MR) is 75.7 cm³/mol. The third kappa shape index (κ3) is 2.93. The number of hydrogen-bond acceptors (Lipinski definition) is 2. The Morgan fingerprint density at radius 2 is 1.76 bits per heavy atom.